The van der Waals surface area contributed by atoms with E-state index >= 15 is 0 Å². The van der Waals surface area contributed by atoms with Gasteiger partial charge in [-0.1, -0.05) is 0 Å². The van der Waals surface area contributed by atoms with Crippen LogP contribution < -0.4 is 11.1 Å². The quantitative estimate of drug-likeness (QED) is 0.696. The number of carbonyl (C=O) groups excluding carboxylic acids is 2. The van der Waals surface area contributed by atoms with E-state index in [2.05, 4.69) is 5.32 Å². The van der Waals surface area contributed by atoms with Crippen molar-refractivity contribution in [3.8, 4) is 0 Å². The van der Waals surface area contributed by atoms with Crippen molar-refractivity contribution in [2.24, 2.45) is 5.73 Å². The van der Waals surface area contributed by atoms with E-state index in [1.54, 1.807) is 0 Å². The number of piperidine rings is 1. The summed E-state index contributed by atoms with van der Waals surface area (Å²) in [5.41, 5.74) is 5.43. The summed E-state index contributed by atoms with van der Waals surface area (Å²) in [7, 11) is 0. The van der Waals surface area contributed by atoms with Crippen LogP contribution in [0.1, 0.15) is 32.1 Å². The van der Waals surface area contributed by atoms with Gasteiger partial charge in [-0.25, -0.2) is 4.79 Å². The zero-order valence-electron chi connectivity index (χ0n) is 11.4. The number of unbranched alkanes of at least 4 members (excludes halogenated alkanes) is 1. The molecule has 2 heterocycles. The van der Waals surface area contributed by atoms with Gasteiger partial charge < -0.3 is 20.9 Å². The molecule has 6 nitrogen and oxygen atoms in total. The minimum absolute atomic E-state index is 0.0488. The summed E-state index contributed by atoms with van der Waals surface area (Å²) >= 11 is 0. The van der Waals surface area contributed by atoms with Crippen molar-refractivity contribution < 1.29 is 9.59 Å². The number of amides is 3. The molecule has 3 N–H and O–H groups in total. The van der Waals surface area contributed by atoms with Crippen LogP contribution in [0.2, 0.25) is 0 Å². The summed E-state index contributed by atoms with van der Waals surface area (Å²) in [6.45, 7) is 3.75. The predicted molar refractivity (Wildman–Crippen MR) is 72.6 cm³/mol. The Morgan fingerprint density at radius 1 is 1.26 bits per heavy atom. The zero-order chi connectivity index (χ0) is 13.7. The SMILES string of the molecule is NCCCCC(=O)N1CCC(N2CCNC2=O)CC1. The lowest BCUT2D eigenvalue weighted by Gasteiger charge is -2.36. The van der Waals surface area contributed by atoms with Gasteiger partial charge in [0.15, 0.2) is 0 Å². The molecule has 0 saturated carbocycles. The Bertz CT molecular complexity index is 327. The summed E-state index contributed by atoms with van der Waals surface area (Å²) in [5.74, 6) is 0.234. The maximum Gasteiger partial charge on any atom is 0.317 e. The molecule has 3 amide bonds. The third kappa shape index (κ3) is 3.59. The van der Waals surface area contributed by atoms with Crippen molar-refractivity contribution in [3.05, 3.63) is 0 Å². The summed E-state index contributed by atoms with van der Waals surface area (Å²) in [5, 5.41) is 2.83. The molecule has 0 aromatic heterocycles. The fraction of sp³-hybridized carbons (Fsp3) is 0.846. The second kappa shape index (κ2) is 6.75. The lowest BCUT2D eigenvalue weighted by molar-refractivity contribution is -0.132. The first kappa shape index (κ1) is 14.1. The molecule has 0 atom stereocenters. The Balaban J connectivity index is 1.72. The maximum absolute atomic E-state index is 12.0. The Morgan fingerprint density at radius 3 is 2.58 bits per heavy atom. The Hall–Kier alpha value is -1.30. The molecular weight excluding hydrogens is 244 g/mol. The van der Waals surface area contributed by atoms with Crippen molar-refractivity contribution in [3.63, 3.8) is 0 Å². The van der Waals surface area contributed by atoms with E-state index in [1.807, 2.05) is 9.80 Å². The molecule has 2 aliphatic heterocycles. The lowest BCUT2D eigenvalue weighted by atomic mass is 10.0. The van der Waals surface area contributed by atoms with Crippen molar-refractivity contribution >= 4 is 11.9 Å². The van der Waals surface area contributed by atoms with Gasteiger partial charge in [0, 0.05) is 38.6 Å². The molecule has 2 rings (SSSR count). The number of hydrogen-bond acceptors (Lipinski definition) is 3. The van der Waals surface area contributed by atoms with Crippen molar-refractivity contribution in [1.29, 1.82) is 0 Å². The minimum Gasteiger partial charge on any atom is -0.343 e. The molecule has 0 bridgehead atoms. The highest BCUT2D eigenvalue weighted by Gasteiger charge is 2.31. The van der Waals surface area contributed by atoms with Gasteiger partial charge in [-0.3, -0.25) is 4.79 Å². The number of nitrogens with two attached hydrogens (primary N) is 1. The molecule has 0 radical (unpaired) electrons. The Morgan fingerprint density at radius 2 is 2.00 bits per heavy atom. The molecule has 2 fully saturated rings. The van der Waals surface area contributed by atoms with Crippen LogP contribution in [-0.4, -0.2) is 60.5 Å². The first-order valence-corrected chi connectivity index (χ1v) is 7.24. The van der Waals surface area contributed by atoms with Crippen LogP contribution in [0.25, 0.3) is 0 Å². The number of urea groups is 1. The van der Waals surface area contributed by atoms with Gasteiger partial charge in [-0.15, -0.1) is 0 Å². The van der Waals surface area contributed by atoms with Gasteiger partial charge in [-0.2, -0.15) is 0 Å². The number of carbonyl (C=O) groups is 2. The monoisotopic (exact) mass is 268 g/mol. The molecule has 0 unspecified atom stereocenters. The highest BCUT2D eigenvalue weighted by molar-refractivity contribution is 5.77. The average molecular weight is 268 g/mol. The molecular formula is C13H24N4O2. The molecule has 2 aliphatic rings. The van der Waals surface area contributed by atoms with E-state index in [1.165, 1.54) is 0 Å². The first-order valence-electron chi connectivity index (χ1n) is 7.24. The highest BCUT2D eigenvalue weighted by Crippen LogP contribution is 2.19. The van der Waals surface area contributed by atoms with Crippen LogP contribution in [0.5, 0.6) is 0 Å². The van der Waals surface area contributed by atoms with Crippen LogP contribution in [0, 0.1) is 0 Å². The van der Waals surface area contributed by atoms with Crippen LogP contribution in [0.3, 0.4) is 0 Å². The second-order valence-electron chi connectivity index (χ2n) is 5.28. The number of rotatable bonds is 5. The van der Waals surface area contributed by atoms with Gasteiger partial charge in [-0.05, 0) is 32.2 Å². The molecule has 0 aromatic carbocycles. The third-order valence-electron chi connectivity index (χ3n) is 3.99. The molecule has 0 aliphatic carbocycles. The van der Waals surface area contributed by atoms with Crippen LogP contribution in [0.4, 0.5) is 4.79 Å². The molecule has 0 aromatic rings. The predicted octanol–water partition coefficient (Wildman–Crippen LogP) is 0.132. The highest BCUT2D eigenvalue weighted by atomic mass is 16.2. The number of nitrogens with zero attached hydrogens (tertiary/aromatic N) is 2. The van der Waals surface area contributed by atoms with Crippen molar-refractivity contribution in [2.75, 3.05) is 32.7 Å². The summed E-state index contributed by atoms with van der Waals surface area (Å²) in [4.78, 5) is 27.4. The number of hydrogen-bond donors (Lipinski definition) is 2. The third-order valence-corrected chi connectivity index (χ3v) is 3.99. The van der Waals surface area contributed by atoms with E-state index < -0.39 is 0 Å². The van der Waals surface area contributed by atoms with E-state index in [0.717, 1.165) is 51.9 Å². The van der Waals surface area contributed by atoms with Crippen LogP contribution in [-0.2, 0) is 4.79 Å². The van der Waals surface area contributed by atoms with Crippen molar-refractivity contribution in [2.45, 2.75) is 38.1 Å². The zero-order valence-corrected chi connectivity index (χ0v) is 11.4. The minimum atomic E-state index is 0.0488. The Kier molecular flexibility index (Phi) is 5.01. The fourth-order valence-electron chi connectivity index (χ4n) is 2.84. The number of nitrogens with one attached hydrogen (secondary N) is 1. The molecule has 0 spiro atoms. The van der Waals surface area contributed by atoms with Crippen molar-refractivity contribution in [1.82, 2.24) is 15.1 Å². The smallest absolute Gasteiger partial charge is 0.317 e. The molecule has 2 saturated heterocycles. The van der Waals surface area contributed by atoms with Gasteiger partial charge in [0.05, 0.1) is 0 Å². The normalized spacial score (nSPS) is 20.8. The Labute approximate surface area is 114 Å². The molecule has 108 valence electrons. The first-order chi connectivity index (χ1) is 9.22. The van der Waals surface area contributed by atoms with Gasteiger partial charge in [0.2, 0.25) is 5.91 Å². The summed E-state index contributed by atoms with van der Waals surface area (Å²) in [6, 6.07) is 0.350. The average Bonchev–Trinajstić information content (AvgIpc) is 2.85. The molecule has 19 heavy (non-hydrogen) atoms. The summed E-state index contributed by atoms with van der Waals surface area (Å²) < 4.78 is 0. The maximum atomic E-state index is 12.0. The van der Waals surface area contributed by atoms with Gasteiger partial charge >= 0.3 is 6.03 Å². The second-order valence-corrected chi connectivity index (χ2v) is 5.28. The lowest BCUT2D eigenvalue weighted by Crippen LogP contribution is -2.47. The number of likely N-dealkylation sites (tertiary alicyclic amines) is 1. The van der Waals surface area contributed by atoms with Crippen LogP contribution >= 0.6 is 0 Å². The standard InChI is InChI=1S/C13H24N4O2/c14-6-2-1-3-12(18)16-8-4-11(5-9-16)17-10-7-15-13(17)19/h11H,1-10,14H2,(H,15,19). The van der Waals surface area contributed by atoms with E-state index in [4.69, 9.17) is 5.73 Å². The van der Waals surface area contributed by atoms with E-state index in [9.17, 15) is 9.59 Å². The molecule has 6 heteroatoms. The van der Waals surface area contributed by atoms with Gasteiger partial charge in [0.1, 0.15) is 0 Å². The topological polar surface area (TPSA) is 78.7 Å². The van der Waals surface area contributed by atoms with E-state index in [-0.39, 0.29) is 11.9 Å². The van der Waals surface area contributed by atoms with E-state index in [0.29, 0.717) is 19.0 Å². The summed E-state index contributed by atoms with van der Waals surface area (Å²) in [6.07, 6.45) is 4.19. The van der Waals surface area contributed by atoms with Gasteiger partial charge in [0.25, 0.3) is 0 Å². The van der Waals surface area contributed by atoms with Crippen LogP contribution in [0.15, 0.2) is 0 Å². The fourth-order valence-corrected chi connectivity index (χ4v) is 2.84. The largest absolute Gasteiger partial charge is 0.343 e.